The van der Waals surface area contributed by atoms with Gasteiger partial charge in [-0.15, -0.1) is 5.10 Å². The average molecular weight is 267 g/mol. The van der Waals surface area contributed by atoms with Crippen molar-refractivity contribution in [1.82, 2.24) is 20.0 Å². The van der Waals surface area contributed by atoms with Crippen LogP contribution < -0.4 is 5.73 Å². The molecule has 0 aliphatic rings. The fourth-order valence-electron chi connectivity index (χ4n) is 1.68. The maximum absolute atomic E-state index is 13.2. The molecular weight excluding hydrogens is 252 g/mol. The summed E-state index contributed by atoms with van der Waals surface area (Å²) >= 11 is 0. The van der Waals surface area contributed by atoms with Crippen LogP contribution in [0.4, 0.5) is 8.78 Å². The van der Waals surface area contributed by atoms with Crippen molar-refractivity contribution in [1.29, 1.82) is 0 Å². The zero-order valence-corrected chi connectivity index (χ0v) is 10.6. The van der Waals surface area contributed by atoms with Gasteiger partial charge in [-0.1, -0.05) is 5.21 Å². The molecule has 2 aromatic rings. The number of nitrogens with two attached hydrogens (primary N) is 1. The standard InChI is InChI=1S/C12H15F2N5/c1-12(13,14)10-4-9(5-16-6-10)7-19-8-11(2-3-15)17-18-19/h4-6,8H,2-3,7,15H2,1H3. The summed E-state index contributed by atoms with van der Waals surface area (Å²) in [6, 6.07) is 1.43. The molecular formula is C12H15F2N5. The highest BCUT2D eigenvalue weighted by Gasteiger charge is 2.24. The largest absolute Gasteiger partial charge is 0.330 e. The SMILES string of the molecule is CC(F)(F)c1cncc(Cn2cc(CCN)nn2)c1. The number of nitrogens with zero attached hydrogens (tertiary/aromatic N) is 4. The van der Waals surface area contributed by atoms with Crippen LogP contribution in [-0.2, 0) is 18.9 Å². The van der Waals surface area contributed by atoms with Crippen molar-refractivity contribution in [2.24, 2.45) is 5.73 Å². The van der Waals surface area contributed by atoms with Crippen LogP contribution in [0.3, 0.4) is 0 Å². The summed E-state index contributed by atoms with van der Waals surface area (Å²) < 4.78 is 28.0. The third-order valence-corrected chi connectivity index (χ3v) is 2.63. The van der Waals surface area contributed by atoms with Gasteiger partial charge >= 0.3 is 0 Å². The van der Waals surface area contributed by atoms with Crippen LogP contribution in [0.5, 0.6) is 0 Å². The fourth-order valence-corrected chi connectivity index (χ4v) is 1.68. The maximum atomic E-state index is 13.2. The first kappa shape index (κ1) is 13.5. The molecule has 0 spiro atoms. The molecule has 0 aliphatic heterocycles. The fraction of sp³-hybridized carbons (Fsp3) is 0.417. The van der Waals surface area contributed by atoms with Gasteiger partial charge < -0.3 is 5.73 Å². The first-order valence-electron chi connectivity index (χ1n) is 5.90. The minimum atomic E-state index is -2.89. The van der Waals surface area contributed by atoms with Gasteiger partial charge in [-0.05, 0) is 18.2 Å². The Bertz CT molecular complexity index is 547. The number of halogens is 2. The van der Waals surface area contributed by atoms with Gasteiger partial charge in [0.25, 0.3) is 5.92 Å². The Kier molecular flexibility index (Phi) is 3.84. The van der Waals surface area contributed by atoms with E-state index in [0.29, 0.717) is 25.1 Å². The molecule has 5 nitrogen and oxygen atoms in total. The molecule has 0 fully saturated rings. The molecule has 0 atom stereocenters. The minimum absolute atomic E-state index is 0.104. The van der Waals surface area contributed by atoms with Crippen molar-refractivity contribution in [3.05, 3.63) is 41.5 Å². The van der Waals surface area contributed by atoms with E-state index in [1.807, 2.05) is 0 Å². The summed E-state index contributed by atoms with van der Waals surface area (Å²) in [6.45, 7) is 1.70. The highest BCUT2D eigenvalue weighted by molar-refractivity contribution is 5.21. The molecule has 7 heteroatoms. The van der Waals surface area contributed by atoms with Crippen molar-refractivity contribution in [3.63, 3.8) is 0 Å². The summed E-state index contributed by atoms with van der Waals surface area (Å²) in [4.78, 5) is 3.83. The molecule has 0 aliphatic carbocycles. The van der Waals surface area contributed by atoms with Crippen molar-refractivity contribution >= 4 is 0 Å². The Morgan fingerprint density at radius 1 is 1.37 bits per heavy atom. The van der Waals surface area contributed by atoms with Crippen molar-refractivity contribution in [2.45, 2.75) is 25.8 Å². The van der Waals surface area contributed by atoms with Crippen molar-refractivity contribution in [2.75, 3.05) is 6.54 Å². The van der Waals surface area contributed by atoms with E-state index in [0.717, 1.165) is 12.6 Å². The molecule has 0 aromatic carbocycles. The zero-order valence-electron chi connectivity index (χ0n) is 10.6. The number of hydrogen-bond acceptors (Lipinski definition) is 4. The van der Waals surface area contributed by atoms with Crippen LogP contribution in [0.1, 0.15) is 23.7 Å². The second kappa shape index (κ2) is 5.40. The van der Waals surface area contributed by atoms with Crippen LogP contribution >= 0.6 is 0 Å². The zero-order chi connectivity index (χ0) is 13.9. The normalized spacial score (nSPS) is 11.8. The van der Waals surface area contributed by atoms with E-state index in [1.165, 1.54) is 12.3 Å². The molecule has 2 aromatic heterocycles. The highest BCUT2D eigenvalue weighted by atomic mass is 19.3. The van der Waals surface area contributed by atoms with Crippen LogP contribution in [0.25, 0.3) is 0 Å². The van der Waals surface area contributed by atoms with Gasteiger partial charge in [-0.25, -0.2) is 13.5 Å². The predicted octanol–water partition coefficient (Wildman–Crippen LogP) is 1.33. The van der Waals surface area contributed by atoms with E-state index in [9.17, 15) is 8.78 Å². The third kappa shape index (κ3) is 3.54. The number of hydrogen-bond donors (Lipinski definition) is 1. The Balaban J connectivity index is 2.14. The minimum Gasteiger partial charge on any atom is -0.330 e. The quantitative estimate of drug-likeness (QED) is 0.887. The molecule has 19 heavy (non-hydrogen) atoms. The van der Waals surface area contributed by atoms with E-state index in [2.05, 4.69) is 15.3 Å². The van der Waals surface area contributed by atoms with Gasteiger partial charge in [0.15, 0.2) is 0 Å². The van der Waals surface area contributed by atoms with Crippen LogP contribution in [-0.4, -0.2) is 26.5 Å². The van der Waals surface area contributed by atoms with Gasteiger partial charge in [0.2, 0.25) is 0 Å². The summed E-state index contributed by atoms with van der Waals surface area (Å²) in [7, 11) is 0. The molecule has 2 heterocycles. The number of pyridine rings is 1. The van der Waals surface area contributed by atoms with Gasteiger partial charge in [0.05, 0.1) is 12.2 Å². The number of aromatic nitrogens is 4. The van der Waals surface area contributed by atoms with Gasteiger partial charge in [-0.3, -0.25) is 4.98 Å². The maximum Gasteiger partial charge on any atom is 0.272 e. The first-order valence-corrected chi connectivity index (χ1v) is 5.90. The lowest BCUT2D eigenvalue weighted by Gasteiger charge is -2.11. The molecule has 0 bridgehead atoms. The van der Waals surface area contributed by atoms with Gasteiger partial charge in [-0.2, -0.15) is 0 Å². The molecule has 0 saturated heterocycles. The van der Waals surface area contributed by atoms with Crippen molar-refractivity contribution in [3.8, 4) is 0 Å². The van der Waals surface area contributed by atoms with E-state index >= 15 is 0 Å². The highest BCUT2D eigenvalue weighted by Crippen LogP contribution is 2.26. The van der Waals surface area contributed by atoms with E-state index < -0.39 is 5.92 Å². The van der Waals surface area contributed by atoms with Crippen molar-refractivity contribution < 1.29 is 8.78 Å². The second-order valence-electron chi connectivity index (χ2n) is 4.42. The van der Waals surface area contributed by atoms with E-state index in [-0.39, 0.29) is 5.56 Å². The Hall–Kier alpha value is -1.89. The summed E-state index contributed by atoms with van der Waals surface area (Å²) in [5.41, 5.74) is 6.76. The van der Waals surface area contributed by atoms with Crippen LogP contribution in [0.15, 0.2) is 24.7 Å². The predicted molar refractivity (Wildman–Crippen MR) is 65.7 cm³/mol. The summed E-state index contributed by atoms with van der Waals surface area (Å²) in [5, 5.41) is 7.86. The van der Waals surface area contributed by atoms with E-state index in [4.69, 9.17) is 5.73 Å². The molecule has 0 saturated carbocycles. The monoisotopic (exact) mass is 267 g/mol. The smallest absolute Gasteiger partial charge is 0.272 e. The molecule has 0 amide bonds. The molecule has 2 rings (SSSR count). The number of alkyl halides is 2. The Labute approximate surface area is 109 Å². The van der Waals surface area contributed by atoms with Crippen LogP contribution in [0, 0.1) is 0 Å². The second-order valence-corrected chi connectivity index (χ2v) is 4.42. The summed E-state index contributed by atoms with van der Waals surface area (Å²) in [6.07, 6.45) is 5.11. The van der Waals surface area contributed by atoms with Gasteiger partial charge in [0.1, 0.15) is 0 Å². The lowest BCUT2D eigenvalue weighted by molar-refractivity contribution is 0.0170. The lowest BCUT2D eigenvalue weighted by atomic mass is 10.1. The van der Waals surface area contributed by atoms with Gasteiger partial charge in [0, 0.05) is 37.5 Å². The van der Waals surface area contributed by atoms with E-state index in [1.54, 1.807) is 17.1 Å². The molecule has 2 N–H and O–H groups in total. The summed E-state index contributed by atoms with van der Waals surface area (Å²) in [5.74, 6) is -2.89. The Morgan fingerprint density at radius 3 is 2.84 bits per heavy atom. The lowest BCUT2D eigenvalue weighted by Crippen LogP contribution is -2.09. The first-order chi connectivity index (χ1) is 8.99. The number of rotatable bonds is 5. The molecule has 0 radical (unpaired) electrons. The molecule has 102 valence electrons. The molecule has 0 unspecified atom stereocenters. The third-order valence-electron chi connectivity index (χ3n) is 2.63. The Morgan fingerprint density at radius 2 is 2.16 bits per heavy atom. The van der Waals surface area contributed by atoms with Crippen LogP contribution in [0.2, 0.25) is 0 Å². The topological polar surface area (TPSA) is 69.6 Å². The average Bonchev–Trinajstić information content (AvgIpc) is 2.76.